The predicted molar refractivity (Wildman–Crippen MR) is 111 cm³/mol. The van der Waals surface area contributed by atoms with Crippen LogP contribution in [0.2, 0.25) is 0 Å². The van der Waals surface area contributed by atoms with Gasteiger partial charge in [-0.25, -0.2) is 9.78 Å². The van der Waals surface area contributed by atoms with E-state index in [4.69, 9.17) is 4.74 Å². The van der Waals surface area contributed by atoms with Crippen molar-refractivity contribution >= 4 is 23.7 Å². The number of anilines is 2. The summed E-state index contributed by atoms with van der Waals surface area (Å²) < 4.78 is 4.85. The van der Waals surface area contributed by atoms with E-state index < -0.39 is 5.97 Å². The van der Waals surface area contributed by atoms with Gasteiger partial charge in [0.15, 0.2) is 5.69 Å². The van der Waals surface area contributed by atoms with E-state index in [1.807, 2.05) is 37.3 Å². The highest BCUT2D eigenvalue weighted by Crippen LogP contribution is 2.21. The molecule has 1 heterocycles. The summed E-state index contributed by atoms with van der Waals surface area (Å²) >= 11 is 0. The van der Waals surface area contributed by atoms with Crippen LogP contribution in [0.5, 0.6) is 0 Å². The van der Waals surface area contributed by atoms with E-state index in [2.05, 4.69) is 34.3 Å². The molecule has 0 unspecified atom stereocenters. The lowest BCUT2D eigenvalue weighted by Crippen LogP contribution is -2.25. The summed E-state index contributed by atoms with van der Waals surface area (Å²) in [4.78, 5) is 18.6. The summed E-state index contributed by atoms with van der Waals surface area (Å²) in [6.45, 7) is 8.12. The molecule has 0 fully saturated rings. The fourth-order valence-electron chi connectivity index (χ4n) is 2.80. The quantitative estimate of drug-likeness (QED) is 0.407. The zero-order valence-corrected chi connectivity index (χ0v) is 16.5. The molecule has 0 saturated heterocycles. The molecule has 1 aromatic heterocycles. The first kappa shape index (κ1) is 20.4. The Balaban J connectivity index is 2.28. The van der Waals surface area contributed by atoms with Crippen LogP contribution in [0.25, 0.3) is 0 Å². The maximum Gasteiger partial charge on any atom is 0.356 e. The minimum absolute atomic E-state index is 0.264. The number of hydrazone groups is 1. The minimum Gasteiger partial charge on any atom is -0.464 e. The summed E-state index contributed by atoms with van der Waals surface area (Å²) in [7, 11) is 1.36. The molecule has 27 heavy (non-hydrogen) atoms. The van der Waals surface area contributed by atoms with Crippen molar-refractivity contribution in [3.63, 3.8) is 0 Å². The van der Waals surface area contributed by atoms with Crippen molar-refractivity contribution in [2.24, 2.45) is 5.10 Å². The number of rotatable bonds is 9. The van der Waals surface area contributed by atoms with Gasteiger partial charge in [-0.3, -0.25) is 5.43 Å². The zero-order valence-electron chi connectivity index (χ0n) is 16.5. The van der Waals surface area contributed by atoms with E-state index in [1.54, 1.807) is 12.3 Å². The van der Waals surface area contributed by atoms with Gasteiger partial charge in [0.05, 0.1) is 13.3 Å². The Morgan fingerprint density at radius 2 is 1.96 bits per heavy atom. The SMILES string of the molecule is CCCN(CCC)c1cc(N/N=C/c2cccc(C)c2)nc(C(=O)OC)c1. The van der Waals surface area contributed by atoms with Crippen molar-refractivity contribution in [3.05, 3.63) is 53.2 Å². The topological polar surface area (TPSA) is 66.8 Å². The highest BCUT2D eigenvalue weighted by molar-refractivity contribution is 5.89. The average Bonchev–Trinajstić information content (AvgIpc) is 2.67. The van der Waals surface area contributed by atoms with Crippen molar-refractivity contribution in [2.75, 3.05) is 30.5 Å². The van der Waals surface area contributed by atoms with Crippen LogP contribution in [0.4, 0.5) is 11.5 Å². The van der Waals surface area contributed by atoms with Crippen LogP contribution < -0.4 is 10.3 Å². The highest BCUT2D eigenvalue weighted by atomic mass is 16.5. The molecule has 0 bridgehead atoms. The number of nitrogens with one attached hydrogen (secondary N) is 1. The van der Waals surface area contributed by atoms with Crippen LogP contribution in [0, 0.1) is 6.92 Å². The maximum atomic E-state index is 12.0. The number of hydrogen-bond donors (Lipinski definition) is 1. The standard InChI is InChI=1S/C21H28N4O2/c1-5-10-25(11-6-2)18-13-19(21(26)27-4)23-20(14-18)24-22-15-17-9-7-8-16(3)12-17/h7-9,12-15H,5-6,10-11H2,1-4H3,(H,23,24)/b22-15+. The van der Waals surface area contributed by atoms with E-state index in [-0.39, 0.29) is 5.69 Å². The molecule has 6 nitrogen and oxygen atoms in total. The van der Waals surface area contributed by atoms with Gasteiger partial charge in [0, 0.05) is 24.8 Å². The summed E-state index contributed by atoms with van der Waals surface area (Å²) in [5.74, 6) is 0.0459. The molecule has 0 saturated carbocycles. The molecule has 144 valence electrons. The minimum atomic E-state index is -0.462. The molecule has 0 aliphatic rings. The number of carbonyl (C=O) groups is 1. The summed E-state index contributed by atoms with van der Waals surface area (Å²) in [5, 5.41) is 4.26. The molecule has 0 aliphatic carbocycles. The lowest BCUT2D eigenvalue weighted by atomic mass is 10.2. The lowest BCUT2D eigenvalue weighted by Gasteiger charge is -2.24. The van der Waals surface area contributed by atoms with Crippen LogP contribution in [0.15, 0.2) is 41.5 Å². The van der Waals surface area contributed by atoms with Crippen LogP contribution >= 0.6 is 0 Å². The van der Waals surface area contributed by atoms with Gasteiger partial charge < -0.3 is 9.64 Å². The van der Waals surface area contributed by atoms with Crippen molar-refractivity contribution in [3.8, 4) is 0 Å². The number of nitrogens with zero attached hydrogens (tertiary/aromatic N) is 3. The smallest absolute Gasteiger partial charge is 0.356 e. The summed E-state index contributed by atoms with van der Waals surface area (Å²) in [6, 6.07) is 11.7. The molecule has 2 aromatic rings. The third-order valence-corrected chi connectivity index (χ3v) is 3.99. The second-order valence-corrected chi connectivity index (χ2v) is 6.36. The number of carbonyl (C=O) groups excluding carboxylic acids is 1. The number of esters is 1. The normalized spacial score (nSPS) is 10.8. The summed E-state index contributed by atoms with van der Waals surface area (Å²) in [6.07, 6.45) is 3.77. The Bertz CT molecular complexity index is 784. The van der Waals surface area contributed by atoms with Gasteiger partial charge in [-0.2, -0.15) is 5.10 Å². The van der Waals surface area contributed by atoms with Crippen molar-refractivity contribution in [1.82, 2.24) is 4.98 Å². The molecule has 1 N–H and O–H groups in total. The number of pyridine rings is 1. The Morgan fingerprint density at radius 3 is 2.59 bits per heavy atom. The molecule has 2 rings (SSSR count). The molecule has 6 heteroatoms. The van der Waals surface area contributed by atoms with E-state index >= 15 is 0 Å². The molecular weight excluding hydrogens is 340 g/mol. The molecule has 0 spiro atoms. The first-order chi connectivity index (χ1) is 13.1. The number of aryl methyl sites for hydroxylation is 1. The maximum absolute atomic E-state index is 12.0. The van der Waals surface area contributed by atoms with E-state index in [1.165, 1.54) is 12.7 Å². The van der Waals surface area contributed by atoms with Gasteiger partial charge in [-0.15, -0.1) is 0 Å². The lowest BCUT2D eigenvalue weighted by molar-refractivity contribution is 0.0594. The van der Waals surface area contributed by atoms with Gasteiger partial charge >= 0.3 is 5.97 Å². The molecule has 0 aliphatic heterocycles. The third-order valence-electron chi connectivity index (χ3n) is 3.99. The van der Waals surface area contributed by atoms with E-state index in [0.717, 1.165) is 37.2 Å². The van der Waals surface area contributed by atoms with E-state index in [9.17, 15) is 4.79 Å². The molecule has 1 aromatic carbocycles. The monoisotopic (exact) mass is 368 g/mol. The second kappa shape index (κ2) is 10.3. The van der Waals surface area contributed by atoms with Crippen molar-refractivity contribution in [1.29, 1.82) is 0 Å². The molecule has 0 amide bonds. The van der Waals surface area contributed by atoms with Crippen molar-refractivity contribution < 1.29 is 9.53 Å². The Hall–Kier alpha value is -2.89. The second-order valence-electron chi connectivity index (χ2n) is 6.36. The summed E-state index contributed by atoms with van der Waals surface area (Å²) in [5.41, 5.74) is 6.29. The van der Waals surface area contributed by atoms with Crippen LogP contribution in [0.1, 0.15) is 48.3 Å². The van der Waals surface area contributed by atoms with Gasteiger partial charge in [-0.05, 0) is 31.4 Å². The Morgan fingerprint density at radius 1 is 1.22 bits per heavy atom. The first-order valence-corrected chi connectivity index (χ1v) is 9.28. The van der Waals surface area contributed by atoms with Gasteiger partial charge in [-0.1, -0.05) is 43.7 Å². The number of hydrogen-bond acceptors (Lipinski definition) is 6. The first-order valence-electron chi connectivity index (χ1n) is 9.28. The fraction of sp³-hybridized carbons (Fsp3) is 0.381. The third kappa shape index (κ3) is 6.09. The molecule has 0 radical (unpaired) electrons. The molecular formula is C21H28N4O2. The fourth-order valence-corrected chi connectivity index (χ4v) is 2.80. The number of aromatic nitrogens is 1. The zero-order chi connectivity index (χ0) is 19.6. The van der Waals surface area contributed by atoms with Crippen LogP contribution in [-0.2, 0) is 4.74 Å². The van der Waals surface area contributed by atoms with Gasteiger partial charge in [0.1, 0.15) is 5.82 Å². The predicted octanol–water partition coefficient (Wildman–Crippen LogP) is 4.25. The van der Waals surface area contributed by atoms with Crippen molar-refractivity contribution in [2.45, 2.75) is 33.6 Å². The van der Waals surface area contributed by atoms with Crippen LogP contribution in [-0.4, -0.2) is 37.4 Å². The van der Waals surface area contributed by atoms with Gasteiger partial charge in [0.25, 0.3) is 0 Å². The number of methoxy groups -OCH3 is 1. The highest BCUT2D eigenvalue weighted by Gasteiger charge is 2.14. The Kier molecular flexibility index (Phi) is 7.79. The van der Waals surface area contributed by atoms with E-state index in [0.29, 0.717) is 5.82 Å². The Labute approximate surface area is 161 Å². The van der Waals surface area contributed by atoms with Crippen LogP contribution in [0.3, 0.4) is 0 Å². The van der Waals surface area contributed by atoms with Gasteiger partial charge in [0.2, 0.25) is 0 Å². The number of benzene rings is 1. The largest absolute Gasteiger partial charge is 0.464 e. The number of ether oxygens (including phenoxy) is 1. The molecule has 0 atom stereocenters. The average molecular weight is 368 g/mol.